The number of morpholine rings is 1. The summed E-state index contributed by atoms with van der Waals surface area (Å²) in [4.78, 5) is 13.0. The molecule has 1 unspecified atom stereocenters. The fourth-order valence-corrected chi connectivity index (χ4v) is 1.70. The van der Waals surface area contributed by atoms with E-state index in [9.17, 15) is 4.79 Å². The molecule has 3 heteroatoms. The average Bonchev–Trinajstić information content (AvgIpc) is 2.15. The molecular formula is C11H21NO2. The van der Waals surface area contributed by atoms with Crippen LogP contribution in [0.3, 0.4) is 0 Å². The third-order valence-corrected chi connectivity index (χ3v) is 2.65. The lowest BCUT2D eigenvalue weighted by molar-refractivity contribution is -0.136. The first-order valence-electron chi connectivity index (χ1n) is 5.46. The Morgan fingerprint density at radius 1 is 1.57 bits per heavy atom. The van der Waals surface area contributed by atoms with Gasteiger partial charge in [-0.3, -0.25) is 4.79 Å². The smallest absolute Gasteiger partial charge is 0.219 e. The zero-order chi connectivity index (χ0) is 10.6. The highest BCUT2D eigenvalue weighted by molar-refractivity contribution is 5.73. The summed E-state index contributed by atoms with van der Waals surface area (Å²) in [6.07, 6.45) is 2.51. The minimum atomic E-state index is 0.169. The van der Waals surface area contributed by atoms with E-state index in [0.29, 0.717) is 12.5 Å². The van der Waals surface area contributed by atoms with Crippen molar-refractivity contribution < 1.29 is 9.53 Å². The minimum absolute atomic E-state index is 0.169. The van der Waals surface area contributed by atoms with E-state index in [2.05, 4.69) is 13.8 Å². The number of carbonyl (C=O) groups is 1. The normalized spacial score (nSPS) is 22.9. The predicted molar refractivity (Wildman–Crippen MR) is 56.1 cm³/mol. The number of amides is 1. The molecule has 0 radical (unpaired) electrons. The first-order chi connectivity index (χ1) is 6.59. The lowest BCUT2D eigenvalue weighted by atomic mass is 10.0. The number of hydrogen-bond donors (Lipinski definition) is 0. The highest BCUT2D eigenvalue weighted by Gasteiger charge is 2.21. The van der Waals surface area contributed by atoms with Crippen molar-refractivity contribution in [1.29, 1.82) is 0 Å². The van der Waals surface area contributed by atoms with E-state index in [0.717, 1.165) is 19.5 Å². The molecule has 1 aliphatic heterocycles. The van der Waals surface area contributed by atoms with E-state index in [-0.39, 0.29) is 12.0 Å². The van der Waals surface area contributed by atoms with Gasteiger partial charge in [-0.05, 0) is 18.8 Å². The van der Waals surface area contributed by atoms with Gasteiger partial charge in [-0.25, -0.2) is 0 Å². The predicted octanol–water partition coefficient (Wildman–Crippen LogP) is 1.67. The molecule has 82 valence electrons. The molecule has 0 spiro atoms. The number of hydrogen-bond acceptors (Lipinski definition) is 2. The molecule has 0 aliphatic carbocycles. The van der Waals surface area contributed by atoms with Gasteiger partial charge in [-0.1, -0.05) is 13.8 Å². The summed E-state index contributed by atoms with van der Waals surface area (Å²) in [6.45, 7) is 8.29. The summed E-state index contributed by atoms with van der Waals surface area (Å²) in [5, 5.41) is 0. The van der Waals surface area contributed by atoms with Gasteiger partial charge < -0.3 is 9.64 Å². The van der Waals surface area contributed by atoms with Crippen molar-refractivity contribution in [2.45, 2.75) is 39.7 Å². The van der Waals surface area contributed by atoms with Crippen molar-refractivity contribution in [3.63, 3.8) is 0 Å². The summed E-state index contributed by atoms with van der Waals surface area (Å²) in [5.41, 5.74) is 0. The topological polar surface area (TPSA) is 29.5 Å². The van der Waals surface area contributed by atoms with Crippen LogP contribution in [0.4, 0.5) is 0 Å². The van der Waals surface area contributed by atoms with Gasteiger partial charge in [0.05, 0.1) is 12.7 Å². The van der Waals surface area contributed by atoms with Crippen LogP contribution in [0.5, 0.6) is 0 Å². The van der Waals surface area contributed by atoms with E-state index in [1.165, 1.54) is 6.42 Å². The van der Waals surface area contributed by atoms with E-state index >= 15 is 0 Å². The van der Waals surface area contributed by atoms with Crippen LogP contribution in [0.1, 0.15) is 33.6 Å². The molecule has 1 fully saturated rings. The lowest BCUT2D eigenvalue weighted by Gasteiger charge is -2.32. The van der Waals surface area contributed by atoms with Crippen molar-refractivity contribution >= 4 is 5.91 Å². The molecule has 3 nitrogen and oxygen atoms in total. The summed E-state index contributed by atoms with van der Waals surface area (Å²) >= 11 is 0. The summed E-state index contributed by atoms with van der Waals surface area (Å²) < 4.78 is 5.61. The van der Waals surface area contributed by atoms with Gasteiger partial charge in [0, 0.05) is 20.0 Å². The standard InChI is InChI=1S/C11H21NO2/c1-9(2)4-5-11-8-12(10(3)13)6-7-14-11/h9,11H,4-8H2,1-3H3. The van der Waals surface area contributed by atoms with Crippen molar-refractivity contribution in [2.24, 2.45) is 5.92 Å². The van der Waals surface area contributed by atoms with E-state index in [4.69, 9.17) is 4.74 Å². The van der Waals surface area contributed by atoms with Gasteiger partial charge in [0.25, 0.3) is 0 Å². The fraction of sp³-hybridized carbons (Fsp3) is 0.909. The highest BCUT2D eigenvalue weighted by atomic mass is 16.5. The maximum absolute atomic E-state index is 11.2. The first-order valence-corrected chi connectivity index (χ1v) is 5.46. The molecule has 1 atom stereocenters. The van der Waals surface area contributed by atoms with Crippen LogP contribution < -0.4 is 0 Å². The zero-order valence-electron chi connectivity index (χ0n) is 9.45. The van der Waals surface area contributed by atoms with Gasteiger partial charge in [0.15, 0.2) is 0 Å². The second-order valence-corrected chi connectivity index (χ2v) is 4.43. The van der Waals surface area contributed by atoms with Gasteiger partial charge in [-0.15, -0.1) is 0 Å². The fourth-order valence-electron chi connectivity index (χ4n) is 1.70. The van der Waals surface area contributed by atoms with Crippen molar-refractivity contribution in [2.75, 3.05) is 19.7 Å². The Balaban J connectivity index is 2.29. The largest absolute Gasteiger partial charge is 0.375 e. The lowest BCUT2D eigenvalue weighted by Crippen LogP contribution is -2.44. The van der Waals surface area contributed by atoms with Crippen LogP contribution in [0.2, 0.25) is 0 Å². The molecule has 0 aromatic rings. The van der Waals surface area contributed by atoms with Gasteiger partial charge in [0.1, 0.15) is 0 Å². The molecule has 0 aromatic carbocycles. The van der Waals surface area contributed by atoms with E-state index < -0.39 is 0 Å². The molecule has 0 aromatic heterocycles. The summed E-state index contributed by atoms with van der Waals surface area (Å²) in [7, 11) is 0. The quantitative estimate of drug-likeness (QED) is 0.692. The molecule has 0 N–H and O–H groups in total. The number of ether oxygens (including phenoxy) is 1. The van der Waals surface area contributed by atoms with Gasteiger partial charge in [-0.2, -0.15) is 0 Å². The van der Waals surface area contributed by atoms with Crippen molar-refractivity contribution in [1.82, 2.24) is 4.90 Å². The second kappa shape index (κ2) is 5.35. The third-order valence-electron chi connectivity index (χ3n) is 2.65. The first kappa shape index (κ1) is 11.5. The van der Waals surface area contributed by atoms with Crippen LogP contribution in [-0.4, -0.2) is 36.6 Å². The van der Waals surface area contributed by atoms with Crippen LogP contribution in [0.15, 0.2) is 0 Å². The van der Waals surface area contributed by atoms with Crippen LogP contribution >= 0.6 is 0 Å². The maximum Gasteiger partial charge on any atom is 0.219 e. The van der Waals surface area contributed by atoms with Gasteiger partial charge >= 0.3 is 0 Å². The Hall–Kier alpha value is -0.570. The van der Waals surface area contributed by atoms with Gasteiger partial charge in [0.2, 0.25) is 5.91 Å². The molecule has 1 saturated heterocycles. The SMILES string of the molecule is CC(=O)N1CCOC(CCC(C)C)C1. The third kappa shape index (κ3) is 3.66. The Labute approximate surface area is 86.4 Å². The Morgan fingerprint density at radius 3 is 2.86 bits per heavy atom. The Morgan fingerprint density at radius 2 is 2.29 bits per heavy atom. The van der Waals surface area contributed by atoms with E-state index in [1.807, 2.05) is 4.90 Å². The minimum Gasteiger partial charge on any atom is -0.375 e. The Kier molecular flexibility index (Phi) is 4.39. The molecular weight excluding hydrogens is 178 g/mol. The van der Waals surface area contributed by atoms with Crippen LogP contribution in [0.25, 0.3) is 0 Å². The molecule has 0 saturated carbocycles. The van der Waals surface area contributed by atoms with E-state index in [1.54, 1.807) is 6.92 Å². The summed E-state index contributed by atoms with van der Waals surface area (Å²) in [6, 6.07) is 0. The molecule has 1 heterocycles. The average molecular weight is 199 g/mol. The van der Waals surface area contributed by atoms with Crippen molar-refractivity contribution in [3.8, 4) is 0 Å². The monoisotopic (exact) mass is 199 g/mol. The number of rotatable bonds is 3. The van der Waals surface area contributed by atoms with Crippen molar-refractivity contribution in [3.05, 3.63) is 0 Å². The number of nitrogens with zero attached hydrogens (tertiary/aromatic N) is 1. The molecule has 1 rings (SSSR count). The molecule has 0 bridgehead atoms. The molecule has 1 amide bonds. The molecule has 1 aliphatic rings. The van der Waals surface area contributed by atoms with Crippen LogP contribution in [0, 0.1) is 5.92 Å². The van der Waals surface area contributed by atoms with Crippen LogP contribution in [-0.2, 0) is 9.53 Å². The second-order valence-electron chi connectivity index (χ2n) is 4.43. The molecule has 14 heavy (non-hydrogen) atoms. The highest BCUT2D eigenvalue weighted by Crippen LogP contribution is 2.14. The maximum atomic E-state index is 11.2. The summed E-state index contributed by atoms with van der Waals surface area (Å²) in [5.74, 6) is 0.883. The Bertz CT molecular complexity index is 192. The number of carbonyl (C=O) groups excluding carboxylic acids is 1. The zero-order valence-corrected chi connectivity index (χ0v) is 9.45.